The Balaban J connectivity index is 2.66. The van der Waals surface area contributed by atoms with Crippen LogP contribution in [0.25, 0.3) is 11.1 Å². The fourth-order valence-electron chi connectivity index (χ4n) is 1.82. The van der Waals surface area contributed by atoms with Crippen molar-refractivity contribution in [1.82, 2.24) is 0 Å². The number of rotatable bonds is 2. The van der Waals surface area contributed by atoms with Gasteiger partial charge in [0, 0.05) is 17.1 Å². The van der Waals surface area contributed by atoms with Crippen molar-refractivity contribution in [1.29, 1.82) is 0 Å². The number of hydrogen-bond donors (Lipinski definition) is 1. The van der Waals surface area contributed by atoms with Gasteiger partial charge >= 0.3 is 0 Å². The number of nitrogens with two attached hydrogens (primary N) is 1. The fourth-order valence-corrected chi connectivity index (χ4v) is 2.04. The first kappa shape index (κ1) is 12.1. The van der Waals surface area contributed by atoms with Crippen LogP contribution in [0.4, 0.5) is 4.39 Å². The molecule has 0 spiro atoms. The van der Waals surface area contributed by atoms with E-state index in [-0.39, 0.29) is 5.82 Å². The van der Waals surface area contributed by atoms with Gasteiger partial charge in [-0.05, 0) is 36.2 Å². The third kappa shape index (κ3) is 2.48. The van der Waals surface area contributed by atoms with Crippen LogP contribution in [0.1, 0.15) is 11.1 Å². The maximum atomic E-state index is 13.3. The molecule has 0 aliphatic rings. The minimum absolute atomic E-state index is 0.297. The van der Waals surface area contributed by atoms with E-state index in [9.17, 15) is 4.39 Å². The lowest BCUT2D eigenvalue weighted by Gasteiger charge is -2.11. The molecule has 88 valence electrons. The van der Waals surface area contributed by atoms with E-state index in [1.165, 1.54) is 12.1 Å². The molecular weight excluding hydrogens is 237 g/mol. The summed E-state index contributed by atoms with van der Waals surface area (Å²) in [6.45, 7) is 2.39. The van der Waals surface area contributed by atoms with Crippen LogP contribution in [-0.4, -0.2) is 0 Å². The molecule has 2 aromatic carbocycles. The van der Waals surface area contributed by atoms with Gasteiger partial charge in [0.1, 0.15) is 5.82 Å². The summed E-state index contributed by atoms with van der Waals surface area (Å²) in [5, 5.41) is 0.534. The molecule has 0 heterocycles. The summed E-state index contributed by atoms with van der Waals surface area (Å²) < 4.78 is 13.3. The van der Waals surface area contributed by atoms with Gasteiger partial charge in [0.25, 0.3) is 0 Å². The van der Waals surface area contributed by atoms with Crippen molar-refractivity contribution >= 4 is 11.6 Å². The lowest BCUT2D eigenvalue weighted by molar-refractivity contribution is 0.628. The maximum absolute atomic E-state index is 13.3. The van der Waals surface area contributed by atoms with Crippen LogP contribution in [0.2, 0.25) is 5.02 Å². The highest BCUT2D eigenvalue weighted by Crippen LogP contribution is 2.31. The molecule has 3 heteroatoms. The summed E-state index contributed by atoms with van der Waals surface area (Å²) in [7, 11) is 0. The Hall–Kier alpha value is -1.38. The lowest BCUT2D eigenvalue weighted by Crippen LogP contribution is -1.99. The summed E-state index contributed by atoms with van der Waals surface area (Å²) in [5.41, 5.74) is 9.34. The van der Waals surface area contributed by atoms with E-state index >= 15 is 0 Å². The van der Waals surface area contributed by atoms with Gasteiger partial charge in [0.2, 0.25) is 0 Å². The first-order valence-corrected chi connectivity index (χ1v) is 5.74. The van der Waals surface area contributed by atoms with Gasteiger partial charge in [-0.25, -0.2) is 4.39 Å². The molecule has 2 aromatic rings. The maximum Gasteiger partial charge on any atom is 0.123 e. The van der Waals surface area contributed by atoms with Gasteiger partial charge in [0.15, 0.2) is 0 Å². The zero-order chi connectivity index (χ0) is 12.4. The van der Waals surface area contributed by atoms with Gasteiger partial charge < -0.3 is 5.73 Å². The first-order chi connectivity index (χ1) is 8.11. The largest absolute Gasteiger partial charge is 0.326 e. The van der Waals surface area contributed by atoms with Crippen LogP contribution >= 0.6 is 11.6 Å². The standard InChI is InChI=1S/C14H13ClFN/c1-9-2-3-10(8-17)12(6-9)13-7-11(16)4-5-14(13)15/h2-7H,8,17H2,1H3. The van der Waals surface area contributed by atoms with E-state index in [4.69, 9.17) is 17.3 Å². The monoisotopic (exact) mass is 249 g/mol. The van der Waals surface area contributed by atoms with Crippen molar-refractivity contribution in [3.8, 4) is 11.1 Å². The van der Waals surface area contributed by atoms with E-state index in [0.29, 0.717) is 17.1 Å². The average molecular weight is 250 g/mol. The van der Waals surface area contributed by atoms with Gasteiger partial charge in [-0.1, -0.05) is 35.4 Å². The third-order valence-corrected chi connectivity index (χ3v) is 3.03. The second-order valence-electron chi connectivity index (χ2n) is 3.99. The molecule has 0 aliphatic heterocycles. The smallest absolute Gasteiger partial charge is 0.123 e. The molecule has 0 fully saturated rings. The number of halogens is 2. The fraction of sp³-hybridized carbons (Fsp3) is 0.143. The molecule has 1 nitrogen and oxygen atoms in total. The van der Waals surface area contributed by atoms with Crippen LogP contribution in [-0.2, 0) is 6.54 Å². The summed E-state index contributed by atoms with van der Waals surface area (Å²) >= 11 is 6.10. The molecule has 0 unspecified atom stereocenters. The first-order valence-electron chi connectivity index (χ1n) is 5.37. The van der Waals surface area contributed by atoms with E-state index in [2.05, 4.69) is 0 Å². The van der Waals surface area contributed by atoms with Crippen molar-refractivity contribution in [2.45, 2.75) is 13.5 Å². The van der Waals surface area contributed by atoms with E-state index < -0.39 is 0 Å². The lowest BCUT2D eigenvalue weighted by atomic mass is 9.97. The highest BCUT2D eigenvalue weighted by atomic mass is 35.5. The summed E-state index contributed by atoms with van der Waals surface area (Å²) in [6, 6.07) is 10.3. The molecule has 2 N–H and O–H groups in total. The van der Waals surface area contributed by atoms with Crippen LogP contribution in [0.15, 0.2) is 36.4 Å². The number of aryl methyl sites for hydroxylation is 1. The average Bonchev–Trinajstić information content (AvgIpc) is 2.32. The van der Waals surface area contributed by atoms with Gasteiger partial charge in [-0.3, -0.25) is 0 Å². The minimum atomic E-state index is -0.297. The molecule has 0 saturated carbocycles. The van der Waals surface area contributed by atoms with Crippen LogP contribution in [0.3, 0.4) is 0 Å². The molecule has 0 radical (unpaired) electrons. The number of benzene rings is 2. The Bertz CT molecular complexity index is 552. The quantitative estimate of drug-likeness (QED) is 0.858. The Kier molecular flexibility index (Phi) is 3.46. The van der Waals surface area contributed by atoms with E-state index in [1.807, 2.05) is 25.1 Å². The second-order valence-corrected chi connectivity index (χ2v) is 4.40. The SMILES string of the molecule is Cc1ccc(CN)c(-c2cc(F)ccc2Cl)c1. The minimum Gasteiger partial charge on any atom is -0.326 e. The Labute approximate surface area is 105 Å². The third-order valence-electron chi connectivity index (χ3n) is 2.70. The predicted molar refractivity (Wildman–Crippen MR) is 69.5 cm³/mol. The molecule has 0 aliphatic carbocycles. The molecular formula is C14H13ClFN. The molecule has 2 rings (SSSR count). The van der Waals surface area contributed by atoms with Crippen molar-refractivity contribution in [3.63, 3.8) is 0 Å². The Morgan fingerprint density at radius 3 is 2.59 bits per heavy atom. The normalized spacial score (nSPS) is 10.6. The topological polar surface area (TPSA) is 26.0 Å². The van der Waals surface area contributed by atoms with Gasteiger partial charge in [-0.2, -0.15) is 0 Å². The Morgan fingerprint density at radius 2 is 1.88 bits per heavy atom. The van der Waals surface area contributed by atoms with Crippen molar-refractivity contribution < 1.29 is 4.39 Å². The molecule has 0 bridgehead atoms. The second kappa shape index (κ2) is 4.86. The van der Waals surface area contributed by atoms with Crippen LogP contribution in [0.5, 0.6) is 0 Å². The molecule has 0 amide bonds. The zero-order valence-electron chi connectivity index (χ0n) is 9.50. The predicted octanol–water partition coefficient (Wildman–Crippen LogP) is 3.91. The molecule has 0 saturated heterocycles. The Morgan fingerprint density at radius 1 is 1.12 bits per heavy atom. The molecule has 0 aromatic heterocycles. The van der Waals surface area contributed by atoms with Gasteiger partial charge in [-0.15, -0.1) is 0 Å². The van der Waals surface area contributed by atoms with E-state index in [1.54, 1.807) is 6.07 Å². The van der Waals surface area contributed by atoms with Crippen molar-refractivity contribution in [3.05, 3.63) is 58.4 Å². The molecule has 0 atom stereocenters. The highest BCUT2D eigenvalue weighted by Gasteiger charge is 2.09. The summed E-state index contributed by atoms with van der Waals surface area (Å²) in [5.74, 6) is -0.297. The van der Waals surface area contributed by atoms with Crippen LogP contribution < -0.4 is 5.73 Å². The number of hydrogen-bond acceptors (Lipinski definition) is 1. The highest BCUT2D eigenvalue weighted by molar-refractivity contribution is 6.33. The molecule has 17 heavy (non-hydrogen) atoms. The summed E-state index contributed by atoms with van der Waals surface area (Å²) in [4.78, 5) is 0. The van der Waals surface area contributed by atoms with Gasteiger partial charge in [0.05, 0.1) is 0 Å². The zero-order valence-corrected chi connectivity index (χ0v) is 10.3. The van der Waals surface area contributed by atoms with Crippen LogP contribution in [0, 0.1) is 12.7 Å². The van der Waals surface area contributed by atoms with Crippen molar-refractivity contribution in [2.24, 2.45) is 5.73 Å². The van der Waals surface area contributed by atoms with E-state index in [0.717, 1.165) is 16.7 Å². The van der Waals surface area contributed by atoms with Crippen molar-refractivity contribution in [2.75, 3.05) is 0 Å². The summed E-state index contributed by atoms with van der Waals surface area (Å²) in [6.07, 6.45) is 0.